The zero-order valence-corrected chi connectivity index (χ0v) is 18.6. The van der Waals surface area contributed by atoms with Crippen molar-refractivity contribution in [3.8, 4) is 0 Å². The van der Waals surface area contributed by atoms with Gasteiger partial charge in [-0.05, 0) is 50.2 Å². The van der Waals surface area contributed by atoms with E-state index in [1.807, 2.05) is 20.1 Å². The average Bonchev–Trinajstić information content (AvgIpc) is 3.22. The molecule has 1 saturated heterocycles. The Labute approximate surface area is 181 Å². The van der Waals surface area contributed by atoms with Crippen molar-refractivity contribution in [2.75, 3.05) is 25.2 Å². The van der Waals surface area contributed by atoms with E-state index in [4.69, 9.17) is 0 Å². The molecule has 6 N–H and O–H groups in total. The van der Waals surface area contributed by atoms with Gasteiger partial charge in [0.25, 0.3) is 0 Å². The molecule has 11 heteroatoms. The molecule has 0 aromatic carbocycles. The monoisotopic (exact) mass is 446 g/mol. The number of carboxylic acids is 1. The van der Waals surface area contributed by atoms with Crippen LogP contribution >= 0.6 is 11.8 Å². The van der Waals surface area contributed by atoms with Crippen molar-refractivity contribution in [2.45, 2.75) is 63.7 Å². The van der Waals surface area contributed by atoms with Gasteiger partial charge in [0.1, 0.15) is 18.1 Å². The molecular formula is C19H34N4O6S. The Balaban J connectivity index is 2.77. The third-order valence-electron chi connectivity index (χ3n) is 4.76. The lowest BCUT2D eigenvalue weighted by atomic mass is 10.0. The van der Waals surface area contributed by atoms with Crippen LogP contribution in [0.4, 0.5) is 0 Å². The first-order chi connectivity index (χ1) is 14.2. The fourth-order valence-electron chi connectivity index (χ4n) is 3.12. The SMILES string of the molecule is CSCCC(NC(=O)C(CO)NC(=O)C1CCCN1)C(=O)NC(CC(C)C)C(=O)O. The summed E-state index contributed by atoms with van der Waals surface area (Å²) in [5, 5.41) is 29.4. The molecule has 1 aliphatic heterocycles. The van der Waals surface area contributed by atoms with Crippen molar-refractivity contribution < 1.29 is 29.4 Å². The Bertz CT molecular complexity index is 598. The second-order valence-electron chi connectivity index (χ2n) is 7.76. The highest BCUT2D eigenvalue weighted by Gasteiger charge is 2.31. The van der Waals surface area contributed by atoms with Crippen LogP contribution in [-0.2, 0) is 19.2 Å². The molecule has 10 nitrogen and oxygen atoms in total. The standard InChI is InChI=1S/C19H34N4O6S/c1-11(2)9-14(19(28)29)22-17(26)13(6-8-30-3)21-18(27)15(10-24)23-16(25)12-5-4-7-20-12/h11-15,20,24H,4-10H2,1-3H3,(H,21,27)(H,22,26)(H,23,25)(H,28,29). The lowest BCUT2D eigenvalue weighted by molar-refractivity contribution is -0.142. The number of hydrogen-bond acceptors (Lipinski definition) is 7. The summed E-state index contributed by atoms with van der Waals surface area (Å²) in [5.41, 5.74) is 0. The van der Waals surface area contributed by atoms with Gasteiger partial charge < -0.3 is 31.5 Å². The summed E-state index contributed by atoms with van der Waals surface area (Å²) in [7, 11) is 0. The highest BCUT2D eigenvalue weighted by Crippen LogP contribution is 2.08. The molecule has 0 bridgehead atoms. The fourth-order valence-corrected chi connectivity index (χ4v) is 3.59. The number of aliphatic hydroxyl groups is 1. The molecule has 1 heterocycles. The minimum absolute atomic E-state index is 0.0591. The molecule has 0 saturated carbocycles. The van der Waals surface area contributed by atoms with Crippen molar-refractivity contribution in [3.05, 3.63) is 0 Å². The van der Waals surface area contributed by atoms with Crippen molar-refractivity contribution in [1.29, 1.82) is 0 Å². The van der Waals surface area contributed by atoms with Crippen molar-refractivity contribution in [1.82, 2.24) is 21.3 Å². The van der Waals surface area contributed by atoms with Crippen LogP contribution < -0.4 is 21.3 Å². The highest BCUT2D eigenvalue weighted by atomic mass is 32.2. The van der Waals surface area contributed by atoms with E-state index in [-0.39, 0.29) is 24.7 Å². The summed E-state index contributed by atoms with van der Waals surface area (Å²) in [5.74, 6) is -2.20. The van der Waals surface area contributed by atoms with E-state index in [1.165, 1.54) is 11.8 Å². The summed E-state index contributed by atoms with van der Waals surface area (Å²) in [4.78, 5) is 48.9. The van der Waals surface area contributed by atoms with E-state index in [2.05, 4.69) is 21.3 Å². The van der Waals surface area contributed by atoms with Gasteiger partial charge in [0.15, 0.2) is 0 Å². The van der Waals surface area contributed by atoms with Gasteiger partial charge in [0, 0.05) is 0 Å². The maximum Gasteiger partial charge on any atom is 0.326 e. The lowest BCUT2D eigenvalue weighted by Gasteiger charge is -2.24. The van der Waals surface area contributed by atoms with Crippen molar-refractivity contribution in [2.24, 2.45) is 5.92 Å². The van der Waals surface area contributed by atoms with Crippen LogP contribution in [0.3, 0.4) is 0 Å². The highest BCUT2D eigenvalue weighted by molar-refractivity contribution is 7.98. The smallest absolute Gasteiger partial charge is 0.326 e. The fraction of sp³-hybridized carbons (Fsp3) is 0.789. The predicted octanol–water partition coefficient (Wildman–Crippen LogP) is -0.931. The van der Waals surface area contributed by atoms with Gasteiger partial charge in [0.2, 0.25) is 17.7 Å². The molecule has 1 rings (SSSR count). The van der Waals surface area contributed by atoms with Gasteiger partial charge in [-0.25, -0.2) is 4.79 Å². The van der Waals surface area contributed by atoms with Crippen LogP contribution in [0.2, 0.25) is 0 Å². The lowest BCUT2D eigenvalue weighted by Crippen LogP contribution is -2.58. The van der Waals surface area contributed by atoms with E-state index in [9.17, 15) is 29.4 Å². The van der Waals surface area contributed by atoms with E-state index >= 15 is 0 Å². The number of carbonyl (C=O) groups excluding carboxylic acids is 3. The maximum atomic E-state index is 12.7. The number of rotatable bonds is 13. The summed E-state index contributed by atoms with van der Waals surface area (Å²) in [6.07, 6.45) is 3.89. The van der Waals surface area contributed by atoms with Gasteiger partial charge in [0.05, 0.1) is 12.6 Å². The quantitative estimate of drug-likeness (QED) is 0.212. The van der Waals surface area contributed by atoms with Gasteiger partial charge in [-0.3, -0.25) is 14.4 Å². The Kier molecular flexibility index (Phi) is 11.7. The molecule has 1 aliphatic rings. The van der Waals surface area contributed by atoms with E-state index in [1.54, 1.807) is 0 Å². The summed E-state index contributed by atoms with van der Waals surface area (Å²) in [6, 6.07) is -3.65. The normalized spacial score (nSPS) is 19.0. The molecular weight excluding hydrogens is 412 g/mol. The van der Waals surface area contributed by atoms with Gasteiger partial charge in [-0.15, -0.1) is 0 Å². The summed E-state index contributed by atoms with van der Waals surface area (Å²) in [6.45, 7) is 3.80. The van der Waals surface area contributed by atoms with Crippen LogP contribution in [0.1, 0.15) is 39.5 Å². The Morgan fingerprint density at radius 1 is 1.07 bits per heavy atom. The number of carboxylic acid groups (broad SMARTS) is 1. The van der Waals surface area contributed by atoms with Crippen LogP contribution in [0.15, 0.2) is 0 Å². The Hall–Kier alpha value is -1.85. The third kappa shape index (κ3) is 8.88. The number of carbonyl (C=O) groups is 4. The van der Waals surface area contributed by atoms with Crippen LogP contribution in [0.5, 0.6) is 0 Å². The van der Waals surface area contributed by atoms with Gasteiger partial charge in [-0.2, -0.15) is 11.8 Å². The number of nitrogens with one attached hydrogen (secondary N) is 4. The topological polar surface area (TPSA) is 157 Å². The molecule has 0 radical (unpaired) electrons. The minimum atomic E-state index is -1.20. The summed E-state index contributed by atoms with van der Waals surface area (Å²) < 4.78 is 0. The molecule has 3 amide bonds. The van der Waals surface area contributed by atoms with Gasteiger partial charge in [-0.1, -0.05) is 13.8 Å². The molecule has 0 aliphatic carbocycles. The molecule has 172 valence electrons. The van der Waals surface area contributed by atoms with E-state index in [0.717, 1.165) is 6.42 Å². The number of amides is 3. The van der Waals surface area contributed by atoms with Gasteiger partial charge >= 0.3 is 5.97 Å². The summed E-state index contributed by atoms with van der Waals surface area (Å²) >= 11 is 1.48. The molecule has 30 heavy (non-hydrogen) atoms. The maximum absolute atomic E-state index is 12.7. The first-order valence-electron chi connectivity index (χ1n) is 10.2. The molecule has 0 aromatic rings. The Morgan fingerprint density at radius 2 is 1.70 bits per heavy atom. The Morgan fingerprint density at radius 3 is 2.20 bits per heavy atom. The zero-order valence-electron chi connectivity index (χ0n) is 17.8. The van der Waals surface area contributed by atoms with E-state index < -0.39 is 48.6 Å². The molecule has 0 aromatic heterocycles. The number of aliphatic carboxylic acids is 1. The number of thioether (sulfide) groups is 1. The molecule has 4 atom stereocenters. The number of hydrogen-bond donors (Lipinski definition) is 6. The zero-order chi connectivity index (χ0) is 22.7. The van der Waals surface area contributed by atoms with Crippen LogP contribution in [0, 0.1) is 5.92 Å². The van der Waals surface area contributed by atoms with Crippen molar-refractivity contribution in [3.63, 3.8) is 0 Å². The molecule has 1 fully saturated rings. The molecule has 0 spiro atoms. The third-order valence-corrected chi connectivity index (χ3v) is 5.40. The second kappa shape index (κ2) is 13.5. The number of aliphatic hydroxyl groups excluding tert-OH is 1. The first-order valence-corrected chi connectivity index (χ1v) is 11.6. The van der Waals surface area contributed by atoms with E-state index in [0.29, 0.717) is 18.7 Å². The minimum Gasteiger partial charge on any atom is -0.480 e. The second-order valence-corrected chi connectivity index (χ2v) is 8.75. The van der Waals surface area contributed by atoms with Crippen LogP contribution in [0.25, 0.3) is 0 Å². The first kappa shape index (κ1) is 26.2. The molecule has 4 unspecified atom stereocenters. The van der Waals surface area contributed by atoms with Crippen LogP contribution in [-0.4, -0.2) is 83.2 Å². The van der Waals surface area contributed by atoms with Crippen molar-refractivity contribution >= 4 is 35.5 Å². The predicted molar refractivity (Wildman–Crippen MR) is 114 cm³/mol. The largest absolute Gasteiger partial charge is 0.480 e. The average molecular weight is 447 g/mol.